The fourth-order valence-corrected chi connectivity index (χ4v) is 2.63. The van der Waals surface area contributed by atoms with Crippen LogP contribution in [0.2, 0.25) is 0 Å². The molecule has 0 spiro atoms. The van der Waals surface area contributed by atoms with Gasteiger partial charge in [-0.2, -0.15) is 15.4 Å². The van der Waals surface area contributed by atoms with E-state index in [1.165, 1.54) is 0 Å². The number of carbonyl (C=O) groups is 1. The van der Waals surface area contributed by atoms with E-state index in [9.17, 15) is 4.79 Å². The number of methoxy groups -OCH3 is 1. The molecule has 0 aliphatic carbocycles. The van der Waals surface area contributed by atoms with Crippen molar-refractivity contribution in [1.29, 1.82) is 0 Å². The lowest BCUT2D eigenvalue weighted by atomic mass is 10.0. The number of para-hydroxylation sites is 2. The Labute approximate surface area is 134 Å². The number of aromatic nitrogens is 3. The Bertz CT molecular complexity index is 843. The topological polar surface area (TPSA) is 71.1 Å². The standard InChI is InChI=1S/C17H18N4O2/c1-11(12-7-4-5-10-15(12)23-3)21(2)17(22)13-8-6-9-14-16(13)19-20-18-14/h4-11H,1-3H3,(H,18,19,20)/t11-/m1/s1. The Balaban J connectivity index is 1.94. The van der Waals surface area contributed by atoms with Gasteiger partial charge in [-0.05, 0) is 25.1 Å². The van der Waals surface area contributed by atoms with Crippen molar-refractivity contribution in [3.63, 3.8) is 0 Å². The molecule has 1 N–H and O–H groups in total. The van der Waals surface area contributed by atoms with Gasteiger partial charge < -0.3 is 9.64 Å². The quantitative estimate of drug-likeness (QED) is 0.804. The Kier molecular flexibility index (Phi) is 3.97. The van der Waals surface area contributed by atoms with Crippen LogP contribution in [-0.2, 0) is 0 Å². The molecule has 1 heterocycles. The van der Waals surface area contributed by atoms with Gasteiger partial charge in [-0.3, -0.25) is 4.79 Å². The zero-order valence-corrected chi connectivity index (χ0v) is 13.3. The van der Waals surface area contributed by atoms with Gasteiger partial charge in [0.1, 0.15) is 16.8 Å². The van der Waals surface area contributed by atoms with E-state index < -0.39 is 0 Å². The Morgan fingerprint density at radius 1 is 1.17 bits per heavy atom. The fraction of sp³-hybridized carbons (Fsp3) is 0.235. The second-order valence-corrected chi connectivity index (χ2v) is 5.33. The highest BCUT2D eigenvalue weighted by molar-refractivity contribution is 6.04. The van der Waals surface area contributed by atoms with Crippen molar-refractivity contribution < 1.29 is 9.53 Å². The Morgan fingerprint density at radius 2 is 1.96 bits per heavy atom. The van der Waals surface area contributed by atoms with Crippen LogP contribution in [0.15, 0.2) is 42.5 Å². The minimum atomic E-state index is -0.138. The molecule has 0 radical (unpaired) electrons. The molecule has 0 saturated carbocycles. The van der Waals surface area contributed by atoms with Crippen LogP contribution in [-0.4, -0.2) is 40.4 Å². The van der Waals surface area contributed by atoms with Gasteiger partial charge in [0.2, 0.25) is 0 Å². The van der Waals surface area contributed by atoms with Crippen LogP contribution in [0.25, 0.3) is 11.0 Å². The van der Waals surface area contributed by atoms with Crippen molar-refractivity contribution in [2.24, 2.45) is 0 Å². The van der Waals surface area contributed by atoms with E-state index in [4.69, 9.17) is 4.74 Å². The van der Waals surface area contributed by atoms with Gasteiger partial charge in [0.15, 0.2) is 0 Å². The van der Waals surface area contributed by atoms with Crippen molar-refractivity contribution in [2.45, 2.75) is 13.0 Å². The number of nitrogens with zero attached hydrogens (tertiary/aromatic N) is 3. The van der Waals surface area contributed by atoms with E-state index in [0.29, 0.717) is 16.6 Å². The molecule has 1 amide bonds. The first-order chi connectivity index (χ1) is 11.1. The maximum atomic E-state index is 12.9. The number of carbonyl (C=O) groups excluding carboxylic acids is 1. The number of nitrogens with one attached hydrogen (secondary N) is 1. The predicted molar refractivity (Wildman–Crippen MR) is 87.4 cm³/mol. The zero-order valence-electron chi connectivity index (χ0n) is 13.3. The second-order valence-electron chi connectivity index (χ2n) is 5.33. The van der Waals surface area contributed by atoms with E-state index in [1.807, 2.05) is 37.3 Å². The molecule has 118 valence electrons. The average molecular weight is 310 g/mol. The lowest BCUT2D eigenvalue weighted by molar-refractivity contribution is 0.0743. The normalized spacial score (nSPS) is 12.1. The van der Waals surface area contributed by atoms with Gasteiger partial charge in [-0.15, -0.1) is 0 Å². The van der Waals surface area contributed by atoms with Crippen LogP contribution in [0, 0.1) is 0 Å². The Hall–Kier alpha value is -2.89. The number of hydrogen-bond donors (Lipinski definition) is 1. The summed E-state index contributed by atoms with van der Waals surface area (Å²) in [4.78, 5) is 14.6. The van der Waals surface area contributed by atoms with Gasteiger partial charge in [0.05, 0.1) is 18.7 Å². The number of rotatable bonds is 4. The van der Waals surface area contributed by atoms with E-state index in [1.54, 1.807) is 31.2 Å². The first-order valence-corrected chi connectivity index (χ1v) is 7.33. The number of benzene rings is 2. The molecule has 6 heteroatoms. The third kappa shape index (κ3) is 2.63. The number of H-pyrrole nitrogens is 1. The number of hydrogen-bond acceptors (Lipinski definition) is 4. The summed E-state index contributed by atoms with van der Waals surface area (Å²) < 4.78 is 5.39. The van der Waals surface area contributed by atoms with E-state index in [0.717, 1.165) is 11.3 Å². The molecular weight excluding hydrogens is 292 g/mol. The van der Waals surface area contributed by atoms with Crippen molar-refractivity contribution >= 4 is 16.9 Å². The predicted octanol–water partition coefficient (Wildman–Crippen LogP) is 2.80. The van der Waals surface area contributed by atoms with Crippen LogP contribution in [0.5, 0.6) is 5.75 Å². The third-order valence-corrected chi connectivity index (χ3v) is 4.07. The largest absolute Gasteiger partial charge is 0.496 e. The molecule has 0 aliphatic heterocycles. The van der Waals surface area contributed by atoms with Gasteiger partial charge in [0.25, 0.3) is 5.91 Å². The van der Waals surface area contributed by atoms with Crippen LogP contribution in [0.3, 0.4) is 0 Å². The first kappa shape index (κ1) is 15.0. The van der Waals surface area contributed by atoms with E-state index in [2.05, 4.69) is 15.4 Å². The maximum absolute atomic E-state index is 12.9. The summed E-state index contributed by atoms with van der Waals surface area (Å²) in [5.41, 5.74) is 2.74. The molecule has 23 heavy (non-hydrogen) atoms. The highest BCUT2D eigenvalue weighted by atomic mass is 16.5. The molecular formula is C17H18N4O2. The highest BCUT2D eigenvalue weighted by Gasteiger charge is 2.23. The smallest absolute Gasteiger partial charge is 0.256 e. The summed E-state index contributed by atoms with van der Waals surface area (Å²) in [7, 11) is 3.40. The van der Waals surface area contributed by atoms with Crippen LogP contribution in [0.1, 0.15) is 28.9 Å². The lowest BCUT2D eigenvalue weighted by Crippen LogP contribution is -2.30. The average Bonchev–Trinajstić information content (AvgIpc) is 3.08. The molecule has 3 aromatic rings. The molecule has 0 aliphatic rings. The zero-order chi connectivity index (χ0) is 16.4. The molecule has 0 fully saturated rings. The van der Waals surface area contributed by atoms with Crippen molar-refractivity contribution in [2.75, 3.05) is 14.2 Å². The second kappa shape index (κ2) is 6.08. The number of ether oxygens (including phenoxy) is 1. The molecule has 1 atom stereocenters. The molecule has 1 aromatic heterocycles. The van der Waals surface area contributed by atoms with E-state index in [-0.39, 0.29) is 11.9 Å². The van der Waals surface area contributed by atoms with Gasteiger partial charge in [-0.25, -0.2) is 0 Å². The number of amides is 1. The van der Waals surface area contributed by atoms with Gasteiger partial charge in [0, 0.05) is 12.6 Å². The molecule has 6 nitrogen and oxygen atoms in total. The summed E-state index contributed by atoms with van der Waals surface area (Å²) >= 11 is 0. The first-order valence-electron chi connectivity index (χ1n) is 7.33. The van der Waals surface area contributed by atoms with Crippen LogP contribution < -0.4 is 4.74 Å². The molecule has 0 bridgehead atoms. The molecule has 0 unspecified atom stereocenters. The highest BCUT2D eigenvalue weighted by Crippen LogP contribution is 2.29. The van der Waals surface area contributed by atoms with Crippen LogP contribution >= 0.6 is 0 Å². The minimum absolute atomic E-state index is 0.108. The number of aromatic amines is 1. The maximum Gasteiger partial charge on any atom is 0.256 e. The van der Waals surface area contributed by atoms with Crippen molar-refractivity contribution in [3.05, 3.63) is 53.6 Å². The van der Waals surface area contributed by atoms with Crippen molar-refractivity contribution in [1.82, 2.24) is 20.3 Å². The summed E-state index contributed by atoms with van der Waals surface area (Å²) in [6.45, 7) is 1.97. The summed E-state index contributed by atoms with van der Waals surface area (Å²) in [6.07, 6.45) is 0. The van der Waals surface area contributed by atoms with Gasteiger partial charge >= 0.3 is 0 Å². The van der Waals surface area contributed by atoms with Gasteiger partial charge in [-0.1, -0.05) is 24.3 Å². The summed E-state index contributed by atoms with van der Waals surface area (Å²) in [6, 6.07) is 12.9. The fourth-order valence-electron chi connectivity index (χ4n) is 2.63. The van der Waals surface area contributed by atoms with Crippen LogP contribution in [0.4, 0.5) is 0 Å². The Morgan fingerprint density at radius 3 is 2.74 bits per heavy atom. The monoisotopic (exact) mass is 310 g/mol. The van der Waals surface area contributed by atoms with E-state index >= 15 is 0 Å². The molecule has 2 aromatic carbocycles. The SMILES string of the molecule is COc1ccccc1[C@@H](C)N(C)C(=O)c1cccc2n[nH]nc12. The summed E-state index contributed by atoms with van der Waals surface area (Å²) in [5, 5.41) is 10.7. The third-order valence-electron chi connectivity index (χ3n) is 4.07. The summed E-state index contributed by atoms with van der Waals surface area (Å²) in [5.74, 6) is 0.655. The molecule has 3 rings (SSSR count). The van der Waals surface area contributed by atoms with Crippen molar-refractivity contribution in [3.8, 4) is 5.75 Å². The molecule has 0 saturated heterocycles. The minimum Gasteiger partial charge on any atom is -0.496 e. The number of fused-ring (bicyclic) bond motifs is 1. The lowest BCUT2D eigenvalue weighted by Gasteiger charge is -2.26.